The summed E-state index contributed by atoms with van der Waals surface area (Å²) >= 11 is 0. The SMILES string of the molecule is O=C(O)CC1CN(c2ccc(C(F)(F)F)nn2)C1. The second kappa shape index (κ2) is 4.43. The summed E-state index contributed by atoms with van der Waals surface area (Å²) < 4.78 is 36.7. The van der Waals surface area contributed by atoms with Crippen LogP contribution in [-0.2, 0) is 11.0 Å². The molecular weight excluding hydrogens is 251 g/mol. The molecule has 1 N–H and O–H groups in total. The average molecular weight is 261 g/mol. The molecule has 0 saturated carbocycles. The number of anilines is 1. The molecule has 8 heteroatoms. The number of hydrogen-bond donors (Lipinski definition) is 1. The zero-order chi connectivity index (χ0) is 13.3. The van der Waals surface area contributed by atoms with Crippen LogP contribution in [0.2, 0.25) is 0 Å². The molecule has 0 atom stereocenters. The van der Waals surface area contributed by atoms with Crippen molar-refractivity contribution in [3.63, 3.8) is 0 Å². The Bertz CT molecular complexity index is 441. The van der Waals surface area contributed by atoms with Crippen LogP contribution < -0.4 is 4.90 Å². The van der Waals surface area contributed by atoms with Crippen molar-refractivity contribution >= 4 is 11.8 Å². The molecular formula is C10H10F3N3O2. The Kier molecular flexibility index (Phi) is 3.10. The minimum atomic E-state index is -4.49. The molecule has 1 saturated heterocycles. The van der Waals surface area contributed by atoms with Gasteiger partial charge in [-0.05, 0) is 12.1 Å². The lowest BCUT2D eigenvalue weighted by molar-refractivity contribution is -0.142. The topological polar surface area (TPSA) is 66.3 Å². The molecule has 0 aliphatic carbocycles. The molecule has 1 fully saturated rings. The predicted molar refractivity (Wildman–Crippen MR) is 55.0 cm³/mol. The summed E-state index contributed by atoms with van der Waals surface area (Å²) in [5.74, 6) is -0.519. The van der Waals surface area contributed by atoms with Gasteiger partial charge in [-0.15, -0.1) is 10.2 Å². The summed E-state index contributed by atoms with van der Waals surface area (Å²) in [6.07, 6.45) is -4.43. The third kappa shape index (κ3) is 2.69. The number of aromatic nitrogens is 2. The second-order valence-electron chi connectivity index (χ2n) is 4.14. The third-order valence-corrected chi connectivity index (χ3v) is 2.69. The Morgan fingerprint density at radius 3 is 2.50 bits per heavy atom. The van der Waals surface area contributed by atoms with Crippen molar-refractivity contribution in [3.05, 3.63) is 17.8 Å². The van der Waals surface area contributed by atoms with Gasteiger partial charge in [-0.2, -0.15) is 13.2 Å². The monoisotopic (exact) mass is 261 g/mol. The van der Waals surface area contributed by atoms with Crippen LogP contribution in [0.15, 0.2) is 12.1 Å². The minimum absolute atomic E-state index is 0.0200. The standard InChI is InChI=1S/C10H10F3N3O2/c11-10(12,13)7-1-2-8(15-14-7)16-4-6(5-16)3-9(17)18/h1-2,6H,3-5H2,(H,17,18). The molecule has 0 bridgehead atoms. The number of carboxylic acids is 1. The van der Waals surface area contributed by atoms with E-state index in [-0.39, 0.29) is 12.3 Å². The Hall–Kier alpha value is -1.86. The van der Waals surface area contributed by atoms with E-state index in [9.17, 15) is 18.0 Å². The fourth-order valence-electron chi connectivity index (χ4n) is 1.78. The summed E-state index contributed by atoms with van der Waals surface area (Å²) in [6, 6.07) is 2.11. The van der Waals surface area contributed by atoms with Gasteiger partial charge in [-0.1, -0.05) is 0 Å². The predicted octanol–water partition coefficient (Wildman–Crippen LogP) is 1.41. The number of alkyl halides is 3. The highest BCUT2D eigenvalue weighted by atomic mass is 19.4. The molecule has 98 valence electrons. The Labute approximate surface area is 100 Å². The van der Waals surface area contributed by atoms with Crippen LogP contribution in [0.3, 0.4) is 0 Å². The van der Waals surface area contributed by atoms with Crippen molar-refractivity contribution in [2.45, 2.75) is 12.6 Å². The summed E-state index contributed by atoms with van der Waals surface area (Å²) in [5, 5.41) is 15.2. The van der Waals surface area contributed by atoms with E-state index in [0.717, 1.165) is 6.07 Å². The zero-order valence-corrected chi connectivity index (χ0v) is 9.18. The van der Waals surface area contributed by atoms with Gasteiger partial charge in [0, 0.05) is 19.0 Å². The first-order valence-corrected chi connectivity index (χ1v) is 5.24. The van der Waals surface area contributed by atoms with E-state index in [0.29, 0.717) is 18.9 Å². The first-order chi connectivity index (χ1) is 8.36. The molecule has 1 aliphatic rings. The fourth-order valence-corrected chi connectivity index (χ4v) is 1.78. The number of carboxylic acid groups (broad SMARTS) is 1. The summed E-state index contributed by atoms with van der Waals surface area (Å²) in [6.45, 7) is 0.957. The lowest BCUT2D eigenvalue weighted by Crippen LogP contribution is -2.48. The van der Waals surface area contributed by atoms with E-state index in [4.69, 9.17) is 5.11 Å². The first kappa shape index (κ1) is 12.6. The molecule has 0 unspecified atom stereocenters. The molecule has 2 rings (SSSR count). The number of carbonyl (C=O) groups is 1. The van der Waals surface area contributed by atoms with Gasteiger partial charge >= 0.3 is 12.1 Å². The van der Waals surface area contributed by atoms with Crippen LogP contribution in [0.4, 0.5) is 19.0 Å². The number of halogens is 3. The van der Waals surface area contributed by atoms with E-state index in [2.05, 4.69) is 10.2 Å². The quantitative estimate of drug-likeness (QED) is 0.891. The van der Waals surface area contributed by atoms with Crippen molar-refractivity contribution in [2.24, 2.45) is 5.92 Å². The summed E-state index contributed by atoms with van der Waals surface area (Å²) in [5.41, 5.74) is -1.03. The molecule has 5 nitrogen and oxygen atoms in total. The molecule has 1 aliphatic heterocycles. The van der Waals surface area contributed by atoms with Crippen molar-refractivity contribution in [1.82, 2.24) is 10.2 Å². The molecule has 0 radical (unpaired) electrons. The highest BCUT2D eigenvalue weighted by Crippen LogP contribution is 2.29. The van der Waals surface area contributed by atoms with Crippen LogP contribution in [0, 0.1) is 5.92 Å². The van der Waals surface area contributed by atoms with Crippen molar-refractivity contribution in [2.75, 3.05) is 18.0 Å². The van der Waals surface area contributed by atoms with Gasteiger partial charge in [0.05, 0.1) is 6.42 Å². The van der Waals surface area contributed by atoms with Crippen LogP contribution in [0.5, 0.6) is 0 Å². The maximum atomic E-state index is 12.2. The Morgan fingerprint density at radius 2 is 2.06 bits per heavy atom. The highest BCUT2D eigenvalue weighted by Gasteiger charge is 2.34. The minimum Gasteiger partial charge on any atom is -0.481 e. The summed E-state index contributed by atoms with van der Waals surface area (Å²) in [7, 11) is 0. The fraction of sp³-hybridized carbons (Fsp3) is 0.500. The van der Waals surface area contributed by atoms with Crippen LogP contribution in [0.25, 0.3) is 0 Å². The molecule has 1 aromatic heterocycles. The van der Waals surface area contributed by atoms with Crippen molar-refractivity contribution < 1.29 is 23.1 Å². The molecule has 18 heavy (non-hydrogen) atoms. The largest absolute Gasteiger partial charge is 0.481 e. The van der Waals surface area contributed by atoms with Gasteiger partial charge < -0.3 is 10.0 Å². The maximum Gasteiger partial charge on any atom is 0.435 e. The lowest BCUT2D eigenvalue weighted by Gasteiger charge is -2.39. The summed E-state index contributed by atoms with van der Waals surface area (Å²) in [4.78, 5) is 12.1. The van der Waals surface area contributed by atoms with Crippen molar-refractivity contribution in [3.8, 4) is 0 Å². The Balaban J connectivity index is 1.95. The third-order valence-electron chi connectivity index (χ3n) is 2.69. The number of aliphatic carboxylic acids is 1. The van der Waals surface area contributed by atoms with Crippen molar-refractivity contribution in [1.29, 1.82) is 0 Å². The average Bonchev–Trinajstić information content (AvgIpc) is 2.21. The van der Waals surface area contributed by atoms with Gasteiger partial charge in [-0.3, -0.25) is 4.79 Å². The molecule has 0 spiro atoms. The highest BCUT2D eigenvalue weighted by molar-refractivity contribution is 5.67. The zero-order valence-electron chi connectivity index (χ0n) is 9.18. The van der Waals surface area contributed by atoms with Gasteiger partial charge in [0.2, 0.25) is 0 Å². The smallest absolute Gasteiger partial charge is 0.435 e. The van der Waals surface area contributed by atoms with E-state index in [1.807, 2.05) is 0 Å². The normalized spacial score (nSPS) is 16.5. The molecule has 2 heterocycles. The maximum absolute atomic E-state index is 12.2. The van der Waals surface area contributed by atoms with Crippen LogP contribution in [0.1, 0.15) is 12.1 Å². The molecule has 1 aromatic rings. The van der Waals surface area contributed by atoms with E-state index in [1.165, 1.54) is 6.07 Å². The molecule has 0 aromatic carbocycles. The van der Waals surface area contributed by atoms with Crippen LogP contribution >= 0.6 is 0 Å². The van der Waals surface area contributed by atoms with E-state index in [1.54, 1.807) is 4.90 Å². The van der Waals surface area contributed by atoms with Gasteiger partial charge in [0.1, 0.15) is 0 Å². The van der Waals surface area contributed by atoms with E-state index >= 15 is 0 Å². The van der Waals surface area contributed by atoms with Gasteiger partial charge in [-0.25, -0.2) is 0 Å². The number of nitrogens with zero attached hydrogens (tertiary/aromatic N) is 3. The second-order valence-corrected chi connectivity index (χ2v) is 4.14. The number of rotatable bonds is 3. The van der Waals surface area contributed by atoms with Crippen LogP contribution in [-0.4, -0.2) is 34.4 Å². The van der Waals surface area contributed by atoms with E-state index < -0.39 is 17.8 Å². The first-order valence-electron chi connectivity index (χ1n) is 5.24. The van der Waals surface area contributed by atoms with Gasteiger partial charge in [0.15, 0.2) is 11.5 Å². The Morgan fingerprint density at radius 1 is 1.39 bits per heavy atom. The number of hydrogen-bond acceptors (Lipinski definition) is 4. The van der Waals surface area contributed by atoms with Gasteiger partial charge in [0.25, 0.3) is 0 Å². The lowest BCUT2D eigenvalue weighted by atomic mass is 9.96. The molecule has 0 amide bonds.